The highest BCUT2D eigenvalue weighted by atomic mass is 32.1. The van der Waals surface area contributed by atoms with Gasteiger partial charge in [-0.1, -0.05) is 25.1 Å². The Morgan fingerprint density at radius 2 is 2.00 bits per heavy atom. The second kappa shape index (κ2) is 6.30. The summed E-state index contributed by atoms with van der Waals surface area (Å²) in [4.78, 5) is 14.3. The molecule has 3 aromatic rings. The van der Waals surface area contributed by atoms with Crippen molar-refractivity contribution < 1.29 is 13.6 Å². The third-order valence-electron chi connectivity index (χ3n) is 3.40. The molecule has 0 fully saturated rings. The smallest absolute Gasteiger partial charge is 0.264 e. The Bertz CT molecular complexity index is 809. The van der Waals surface area contributed by atoms with Crippen molar-refractivity contribution in [1.82, 2.24) is 4.90 Å². The van der Waals surface area contributed by atoms with Crippen molar-refractivity contribution in [3.63, 3.8) is 0 Å². The van der Waals surface area contributed by atoms with Gasteiger partial charge in [-0.25, -0.2) is 8.78 Å². The molecule has 2 nitrogen and oxygen atoms in total. The first-order valence-electron chi connectivity index (χ1n) is 7.08. The third kappa shape index (κ3) is 2.85. The van der Waals surface area contributed by atoms with Crippen LogP contribution >= 0.6 is 22.7 Å². The molecule has 116 valence electrons. The Balaban J connectivity index is 1.96. The molecule has 6 heteroatoms. The molecular formula is C16H15F2NOS2. The minimum absolute atomic E-state index is 0.292. The molecule has 0 aliphatic carbocycles. The molecule has 0 radical (unpaired) electrons. The first-order chi connectivity index (χ1) is 10.6. The number of hydrogen-bond donors (Lipinski definition) is 0. The molecule has 0 aliphatic rings. The van der Waals surface area contributed by atoms with Crippen molar-refractivity contribution in [3.05, 3.63) is 35.2 Å². The minimum atomic E-state index is -2.50. The zero-order valence-electron chi connectivity index (χ0n) is 12.0. The van der Waals surface area contributed by atoms with Crippen LogP contribution in [-0.2, 0) is 0 Å². The Labute approximate surface area is 135 Å². The van der Waals surface area contributed by atoms with E-state index in [1.54, 1.807) is 11.3 Å². The predicted molar refractivity (Wildman–Crippen MR) is 89.4 cm³/mol. The molecule has 3 rings (SSSR count). The highest BCUT2D eigenvalue weighted by Crippen LogP contribution is 2.39. The lowest BCUT2D eigenvalue weighted by molar-refractivity contribution is 0.0559. The monoisotopic (exact) mass is 339 g/mol. The Morgan fingerprint density at radius 3 is 2.73 bits per heavy atom. The molecule has 0 saturated carbocycles. The van der Waals surface area contributed by atoms with Gasteiger partial charge in [0.1, 0.15) is 0 Å². The van der Waals surface area contributed by atoms with Gasteiger partial charge in [0.15, 0.2) is 0 Å². The van der Waals surface area contributed by atoms with Gasteiger partial charge < -0.3 is 4.90 Å². The molecule has 0 bridgehead atoms. The molecule has 22 heavy (non-hydrogen) atoms. The molecule has 0 saturated heterocycles. The maximum Gasteiger partial charge on any atom is 0.264 e. The fourth-order valence-electron chi connectivity index (χ4n) is 2.47. The third-order valence-corrected chi connectivity index (χ3v) is 5.80. The first kappa shape index (κ1) is 15.4. The SMILES string of the molecule is CCCN(CC(F)F)C(=O)c1cc2sc3ccccc3c2s1. The van der Waals surface area contributed by atoms with Gasteiger partial charge in [-0.3, -0.25) is 4.79 Å². The normalized spacial score (nSPS) is 11.6. The van der Waals surface area contributed by atoms with Gasteiger partial charge in [-0.05, 0) is 18.6 Å². The molecule has 2 aromatic heterocycles. The van der Waals surface area contributed by atoms with E-state index in [0.29, 0.717) is 17.8 Å². The van der Waals surface area contributed by atoms with E-state index in [0.717, 1.165) is 14.8 Å². The molecule has 1 amide bonds. The van der Waals surface area contributed by atoms with E-state index < -0.39 is 13.0 Å². The van der Waals surface area contributed by atoms with Crippen molar-refractivity contribution in [1.29, 1.82) is 0 Å². The largest absolute Gasteiger partial charge is 0.332 e. The summed E-state index contributed by atoms with van der Waals surface area (Å²) in [5, 5.41) is 1.13. The summed E-state index contributed by atoms with van der Waals surface area (Å²) >= 11 is 3.03. The van der Waals surface area contributed by atoms with E-state index in [1.165, 1.54) is 20.9 Å². The van der Waals surface area contributed by atoms with Gasteiger partial charge in [0.05, 0.1) is 16.1 Å². The Kier molecular flexibility index (Phi) is 4.40. The number of amides is 1. The fourth-order valence-corrected chi connectivity index (χ4v) is 4.97. The van der Waals surface area contributed by atoms with Gasteiger partial charge in [-0.15, -0.1) is 22.7 Å². The second-order valence-corrected chi connectivity index (χ2v) is 7.18. The Morgan fingerprint density at radius 1 is 1.23 bits per heavy atom. The number of hydrogen-bond acceptors (Lipinski definition) is 3. The number of carbonyl (C=O) groups excluding carboxylic acids is 1. The lowest BCUT2D eigenvalue weighted by atomic mass is 10.2. The molecule has 0 aliphatic heterocycles. The highest BCUT2D eigenvalue weighted by Gasteiger charge is 2.22. The van der Waals surface area contributed by atoms with Gasteiger partial charge in [-0.2, -0.15) is 0 Å². The minimum Gasteiger partial charge on any atom is -0.332 e. The van der Waals surface area contributed by atoms with Crippen LogP contribution in [-0.4, -0.2) is 30.3 Å². The number of thiophene rings is 2. The van der Waals surface area contributed by atoms with Gasteiger partial charge in [0, 0.05) is 21.3 Å². The van der Waals surface area contributed by atoms with Crippen molar-refractivity contribution in [2.45, 2.75) is 19.8 Å². The van der Waals surface area contributed by atoms with Gasteiger partial charge in [0.2, 0.25) is 0 Å². The van der Waals surface area contributed by atoms with E-state index in [2.05, 4.69) is 0 Å². The lowest BCUT2D eigenvalue weighted by Crippen LogP contribution is -2.35. The Hall–Kier alpha value is -1.53. The van der Waals surface area contributed by atoms with Crippen LogP contribution in [0.4, 0.5) is 8.78 Å². The van der Waals surface area contributed by atoms with Crippen LogP contribution < -0.4 is 0 Å². The van der Waals surface area contributed by atoms with E-state index >= 15 is 0 Å². The average Bonchev–Trinajstić information content (AvgIpc) is 3.03. The number of nitrogens with zero attached hydrogens (tertiary/aromatic N) is 1. The summed E-state index contributed by atoms with van der Waals surface area (Å²) in [6.07, 6.45) is -1.83. The molecule has 2 heterocycles. The lowest BCUT2D eigenvalue weighted by Gasteiger charge is -2.20. The van der Waals surface area contributed by atoms with E-state index in [4.69, 9.17) is 0 Å². The predicted octanol–water partition coefficient (Wildman–Crippen LogP) is 5.23. The van der Waals surface area contributed by atoms with E-state index in [1.807, 2.05) is 37.3 Å². The van der Waals surface area contributed by atoms with E-state index in [-0.39, 0.29) is 5.91 Å². The molecule has 0 atom stereocenters. The van der Waals surface area contributed by atoms with Crippen LogP contribution in [0.25, 0.3) is 19.5 Å². The highest BCUT2D eigenvalue weighted by molar-refractivity contribution is 7.33. The number of benzene rings is 1. The first-order valence-corrected chi connectivity index (χ1v) is 8.72. The zero-order chi connectivity index (χ0) is 15.7. The molecule has 0 spiro atoms. The summed E-state index contributed by atoms with van der Waals surface area (Å²) in [6, 6.07) is 9.87. The number of fused-ring (bicyclic) bond motifs is 3. The summed E-state index contributed by atoms with van der Waals surface area (Å²) in [5.41, 5.74) is 0. The fraction of sp³-hybridized carbons (Fsp3) is 0.312. The van der Waals surface area contributed by atoms with Crippen LogP contribution in [0.5, 0.6) is 0 Å². The second-order valence-electron chi connectivity index (χ2n) is 5.04. The molecule has 1 aromatic carbocycles. The quantitative estimate of drug-likeness (QED) is 0.623. The standard InChI is InChI=1S/C16H15F2NOS2/c1-2-7-19(9-14(17)18)16(20)13-8-12-15(22-13)10-5-3-4-6-11(10)21-12/h3-6,8,14H,2,7,9H2,1H3. The number of halogens is 2. The van der Waals surface area contributed by atoms with Crippen LogP contribution in [0.3, 0.4) is 0 Å². The molecule has 0 unspecified atom stereocenters. The summed E-state index contributed by atoms with van der Waals surface area (Å²) in [6.45, 7) is 1.74. The van der Waals surface area contributed by atoms with Crippen molar-refractivity contribution >= 4 is 48.1 Å². The average molecular weight is 339 g/mol. The topological polar surface area (TPSA) is 20.3 Å². The van der Waals surface area contributed by atoms with Gasteiger partial charge in [0.25, 0.3) is 12.3 Å². The van der Waals surface area contributed by atoms with Crippen molar-refractivity contribution in [2.24, 2.45) is 0 Å². The van der Waals surface area contributed by atoms with Gasteiger partial charge >= 0.3 is 0 Å². The van der Waals surface area contributed by atoms with Crippen LogP contribution in [0.2, 0.25) is 0 Å². The zero-order valence-corrected chi connectivity index (χ0v) is 13.6. The van der Waals surface area contributed by atoms with Crippen LogP contribution in [0.1, 0.15) is 23.0 Å². The van der Waals surface area contributed by atoms with Crippen molar-refractivity contribution in [2.75, 3.05) is 13.1 Å². The van der Waals surface area contributed by atoms with Crippen LogP contribution in [0.15, 0.2) is 30.3 Å². The maximum absolute atomic E-state index is 12.6. The number of alkyl halides is 2. The molecule has 0 N–H and O–H groups in total. The van der Waals surface area contributed by atoms with Crippen LogP contribution in [0, 0.1) is 0 Å². The number of rotatable bonds is 5. The molecular weight excluding hydrogens is 324 g/mol. The summed E-state index contributed by atoms with van der Waals surface area (Å²) < 4.78 is 28.6. The maximum atomic E-state index is 12.6. The number of carbonyl (C=O) groups is 1. The summed E-state index contributed by atoms with van der Waals surface area (Å²) in [7, 11) is 0. The van der Waals surface area contributed by atoms with Crippen molar-refractivity contribution in [3.8, 4) is 0 Å². The van der Waals surface area contributed by atoms with E-state index in [9.17, 15) is 13.6 Å². The summed E-state index contributed by atoms with van der Waals surface area (Å²) in [5.74, 6) is -0.292.